The van der Waals surface area contributed by atoms with Gasteiger partial charge in [-0.15, -0.1) is 0 Å². The van der Waals surface area contributed by atoms with E-state index in [2.05, 4.69) is 10.1 Å². The van der Waals surface area contributed by atoms with Crippen LogP contribution in [0.25, 0.3) is 10.9 Å². The Morgan fingerprint density at radius 1 is 1.26 bits per heavy atom. The lowest BCUT2D eigenvalue weighted by Gasteiger charge is -2.12. The van der Waals surface area contributed by atoms with Crippen LogP contribution in [-0.2, 0) is 13.5 Å². The van der Waals surface area contributed by atoms with Crippen molar-refractivity contribution in [3.8, 4) is 0 Å². The van der Waals surface area contributed by atoms with Gasteiger partial charge in [-0.25, -0.2) is 0 Å². The number of aryl methyl sites for hydroxylation is 1. The van der Waals surface area contributed by atoms with Crippen molar-refractivity contribution in [3.05, 3.63) is 60.0 Å². The van der Waals surface area contributed by atoms with Crippen LogP contribution >= 0.6 is 0 Å². The number of pyridine rings is 1. The van der Waals surface area contributed by atoms with E-state index in [0.29, 0.717) is 6.42 Å². The van der Waals surface area contributed by atoms with Gasteiger partial charge in [0.15, 0.2) is 0 Å². The summed E-state index contributed by atoms with van der Waals surface area (Å²) in [6.07, 6.45) is 5.43. The summed E-state index contributed by atoms with van der Waals surface area (Å²) in [6.45, 7) is 0. The molecule has 19 heavy (non-hydrogen) atoms. The molecule has 1 unspecified atom stereocenters. The highest BCUT2D eigenvalue weighted by atomic mass is 16.3. The second-order valence-electron chi connectivity index (χ2n) is 4.66. The van der Waals surface area contributed by atoms with E-state index in [-0.39, 0.29) is 0 Å². The third kappa shape index (κ3) is 2.35. The number of aliphatic hydroxyl groups excluding tert-OH is 1. The van der Waals surface area contributed by atoms with Gasteiger partial charge in [-0.2, -0.15) is 5.10 Å². The second-order valence-corrected chi connectivity index (χ2v) is 4.66. The highest BCUT2D eigenvalue weighted by Gasteiger charge is 2.13. The topological polar surface area (TPSA) is 50.9 Å². The predicted octanol–water partition coefficient (Wildman–Crippen LogP) is 2.24. The minimum atomic E-state index is -0.567. The van der Waals surface area contributed by atoms with Crippen LogP contribution in [0.3, 0.4) is 0 Å². The number of aliphatic hydroxyl groups is 1. The predicted molar refractivity (Wildman–Crippen MR) is 73.6 cm³/mol. The summed E-state index contributed by atoms with van der Waals surface area (Å²) in [5.41, 5.74) is 2.74. The molecule has 2 aromatic heterocycles. The molecule has 0 aliphatic heterocycles. The molecule has 0 aliphatic carbocycles. The van der Waals surface area contributed by atoms with E-state index in [1.54, 1.807) is 17.1 Å². The summed E-state index contributed by atoms with van der Waals surface area (Å²) in [6, 6.07) is 9.78. The molecule has 0 aliphatic rings. The molecular weight excluding hydrogens is 238 g/mol. The number of benzene rings is 1. The van der Waals surface area contributed by atoms with Crippen LogP contribution in [0, 0.1) is 0 Å². The molecule has 1 N–H and O–H groups in total. The third-order valence-corrected chi connectivity index (χ3v) is 3.21. The fraction of sp³-hybridized carbons (Fsp3) is 0.200. The van der Waals surface area contributed by atoms with Crippen molar-refractivity contribution in [2.75, 3.05) is 0 Å². The van der Waals surface area contributed by atoms with E-state index in [1.807, 2.05) is 43.6 Å². The first-order valence-electron chi connectivity index (χ1n) is 6.23. The lowest BCUT2D eigenvalue weighted by atomic mass is 10.0. The fourth-order valence-electron chi connectivity index (χ4n) is 2.31. The van der Waals surface area contributed by atoms with Gasteiger partial charge < -0.3 is 5.11 Å². The van der Waals surface area contributed by atoms with Gasteiger partial charge in [0.2, 0.25) is 0 Å². The molecule has 0 saturated carbocycles. The maximum absolute atomic E-state index is 10.4. The van der Waals surface area contributed by atoms with Gasteiger partial charge in [-0.05, 0) is 11.6 Å². The number of para-hydroxylation sites is 1. The zero-order valence-electron chi connectivity index (χ0n) is 10.7. The Morgan fingerprint density at radius 2 is 2.11 bits per heavy atom. The van der Waals surface area contributed by atoms with Gasteiger partial charge in [0, 0.05) is 36.8 Å². The summed E-state index contributed by atoms with van der Waals surface area (Å²) in [4.78, 5) is 4.37. The molecule has 0 fully saturated rings. The molecule has 0 bridgehead atoms. The average molecular weight is 253 g/mol. The molecular formula is C15H15N3O. The van der Waals surface area contributed by atoms with Crippen molar-refractivity contribution in [2.24, 2.45) is 7.05 Å². The Morgan fingerprint density at radius 3 is 2.89 bits per heavy atom. The number of fused-ring (bicyclic) bond motifs is 1. The number of aromatic nitrogens is 3. The molecule has 96 valence electrons. The van der Waals surface area contributed by atoms with Gasteiger partial charge in [-0.1, -0.05) is 24.3 Å². The lowest BCUT2D eigenvalue weighted by molar-refractivity contribution is 0.180. The van der Waals surface area contributed by atoms with Crippen LogP contribution in [-0.4, -0.2) is 19.9 Å². The van der Waals surface area contributed by atoms with E-state index in [9.17, 15) is 5.11 Å². The van der Waals surface area contributed by atoms with Crippen LogP contribution in [0.4, 0.5) is 0 Å². The molecule has 3 aromatic rings. The summed E-state index contributed by atoms with van der Waals surface area (Å²) in [5.74, 6) is 0. The number of hydrogen-bond acceptors (Lipinski definition) is 3. The summed E-state index contributed by atoms with van der Waals surface area (Å²) in [5, 5.41) is 15.6. The summed E-state index contributed by atoms with van der Waals surface area (Å²) < 4.78 is 1.74. The molecule has 0 amide bonds. The van der Waals surface area contributed by atoms with Gasteiger partial charge >= 0.3 is 0 Å². The van der Waals surface area contributed by atoms with Crippen molar-refractivity contribution in [3.63, 3.8) is 0 Å². The number of nitrogens with zero attached hydrogens (tertiary/aromatic N) is 3. The molecule has 1 atom stereocenters. The minimum absolute atomic E-state index is 0.545. The Kier molecular flexibility index (Phi) is 3.01. The Balaban J connectivity index is 1.95. The van der Waals surface area contributed by atoms with E-state index >= 15 is 0 Å². The smallest absolute Gasteiger partial charge is 0.0852 e. The highest BCUT2D eigenvalue weighted by Crippen LogP contribution is 2.24. The van der Waals surface area contributed by atoms with E-state index in [0.717, 1.165) is 22.0 Å². The number of rotatable bonds is 3. The van der Waals surface area contributed by atoms with E-state index < -0.39 is 6.10 Å². The molecule has 0 saturated heterocycles. The summed E-state index contributed by atoms with van der Waals surface area (Å²) in [7, 11) is 1.87. The maximum atomic E-state index is 10.4. The van der Waals surface area contributed by atoms with Gasteiger partial charge in [0.05, 0.1) is 17.8 Å². The van der Waals surface area contributed by atoms with Crippen molar-refractivity contribution < 1.29 is 5.11 Å². The Hall–Kier alpha value is -2.20. The van der Waals surface area contributed by atoms with Crippen molar-refractivity contribution >= 4 is 10.9 Å². The quantitative estimate of drug-likeness (QED) is 0.779. The average Bonchev–Trinajstić information content (AvgIpc) is 2.83. The monoisotopic (exact) mass is 253 g/mol. The van der Waals surface area contributed by atoms with Crippen LogP contribution < -0.4 is 0 Å². The van der Waals surface area contributed by atoms with E-state index in [1.165, 1.54) is 0 Å². The van der Waals surface area contributed by atoms with Gasteiger partial charge in [0.1, 0.15) is 0 Å². The molecule has 3 rings (SSSR count). The zero-order chi connectivity index (χ0) is 13.2. The molecule has 2 heterocycles. The lowest BCUT2D eigenvalue weighted by Crippen LogP contribution is -2.02. The minimum Gasteiger partial charge on any atom is -0.388 e. The summed E-state index contributed by atoms with van der Waals surface area (Å²) >= 11 is 0. The van der Waals surface area contributed by atoms with Crippen LogP contribution in [0.1, 0.15) is 17.2 Å². The van der Waals surface area contributed by atoms with Crippen molar-refractivity contribution in [2.45, 2.75) is 12.5 Å². The first kappa shape index (κ1) is 11.9. The largest absolute Gasteiger partial charge is 0.388 e. The second kappa shape index (κ2) is 4.82. The SMILES string of the molecule is Cn1cc(CC(O)c2cccc3cccnc23)cn1. The van der Waals surface area contributed by atoms with Gasteiger partial charge in [-0.3, -0.25) is 9.67 Å². The van der Waals surface area contributed by atoms with Gasteiger partial charge in [0.25, 0.3) is 0 Å². The van der Waals surface area contributed by atoms with E-state index in [4.69, 9.17) is 0 Å². The molecule has 1 aromatic carbocycles. The Labute approximate surface area is 111 Å². The first-order chi connectivity index (χ1) is 9.24. The van der Waals surface area contributed by atoms with Crippen LogP contribution in [0.15, 0.2) is 48.9 Å². The van der Waals surface area contributed by atoms with Crippen molar-refractivity contribution in [1.29, 1.82) is 0 Å². The Bertz CT molecular complexity index is 700. The fourth-order valence-corrected chi connectivity index (χ4v) is 2.31. The molecule has 0 spiro atoms. The highest BCUT2D eigenvalue weighted by molar-refractivity contribution is 5.81. The zero-order valence-corrected chi connectivity index (χ0v) is 10.7. The maximum Gasteiger partial charge on any atom is 0.0852 e. The first-order valence-corrected chi connectivity index (χ1v) is 6.23. The molecule has 4 heteroatoms. The third-order valence-electron chi connectivity index (χ3n) is 3.21. The van der Waals surface area contributed by atoms with Crippen molar-refractivity contribution in [1.82, 2.24) is 14.8 Å². The van der Waals surface area contributed by atoms with Crippen LogP contribution in [0.5, 0.6) is 0 Å². The van der Waals surface area contributed by atoms with Crippen LogP contribution in [0.2, 0.25) is 0 Å². The normalized spacial score (nSPS) is 12.7. The molecule has 0 radical (unpaired) electrons. The standard InChI is InChI=1S/C15H15N3O/c1-18-10-11(9-17-18)8-14(19)13-6-2-4-12-5-3-7-16-15(12)13/h2-7,9-10,14,19H,8H2,1H3. The number of hydrogen-bond donors (Lipinski definition) is 1. The molecule has 4 nitrogen and oxygen atoms in total.